The molecule has 1 aromatic heterocycles. The summed E-state index contributed by atoms with van der Waals surface area (Å²) in [6.07, 6.45) is 0.931. The zero-order valence-corrected chi connectivity index (χ0v) is 11.5. The minimum atomic E-state index is 0.457. The highest BCUT2D eigenvalue weighted by atomic mass is 15.2. The summed E-state index contributed by atoms with van der Waals surface area (Å²) in [5.41, 5.74) is 8.47. The molecule has 0 aliphatic carbocycles. The summed E-state index contributed by atoms with van der Waals surface area (Å²) >= 11 is 0. The lowest BCUT2D eigenvalue weighted by Crippen LogP contribution is -2.12. The van der Waals surface area contributed by atoms with Gasteiger partial charge in [-0.2, -0.15) is 0 Å². The number of fused-ring (bicyclic) bond motifs is 1. The highest BCUT2D eigenvalue weighted by Crippen LogP contribution is 2.32. The maximum atomic E-state index is 5.71. The Bertz CT molecular complexity index is 573. The van der Waals surface area contributed by atoms with Crippen molar-refractivity contribution >= 4 is 16.6 Å². The van der Waals surface area contributed by atoms with Crippen LogP contribution in [0.15, 0.2) is 18.2 Å². The number of nitrogen functional groups attached to an aromatic ring is 1. The van der Waals surface area contributed by atoms with E-state index in [9.17, 15) is 0 Å². The minimum absolute atomic E-state index is 0.457. The lowest BCUT2D eigenvalue weighted by molar-refractivity contribution is 0.871. The number of rotatable bonds is 3. The second-order valence-electron chi connectivity index (χ2n) is 4.95. The van der Waals surface area contributed by atoms with Gasteiger partial charge in [0.15, 0.2) is 0 Å². The third-order valence-electron chi connectivity index (χ3n) is 3.47. The Hall–Kier alpha value is -1.61. The van der Waals surface area contributed by atoms with E-state index >= 15 is 0 Å². The number of nitrogens with two attached hydrogens (primary N) is 1. The van der Waals surface area contributed by atoms with Crippen molar-refractivity contribution in [2.75, 3.05) is 5.43 Å². The van der Waals surface area contributed by atoms with E-state index in [4.69, 9.17) is 10.8 Å². The molecule has 0 atom stereocenters. The van der Waals surface area contributed by atoms with E-state index in [1.54, 1.807) is 0 Å². The topological polar surface area (TPSA) is 50.9 Å². The number of nitrogens with zero attached hydrogens (tertiary/aromatic N) is 1. The van der Waals surface area contributed by atoms with E-state index in [0.717, 1.165) is 28.7 Å². The normalized spacial score (nSPS) is 11.2. The highest BCUT2D eigenvalue weighted by molar-refractivity contribution is 5.95. The molecule has 0 aliphatic rings. The first-order valence-electron chi connectivity index (χ1n) is 6.48. The summed E-state index contributed by atoms with van der Waals surface area (Å²) in [4.78, 5) is 4.78. The fourth-order valence-electron chi connectivity index (χ4n) is 2.53. The van der Waals surface area contributed by atoms with Gasteiger partial charge in [-0.25, -0.2) is 0 Å². The van der Waals surface area contributed by atoms with Crippen LogP contribution in [0, 0.1) is 6.92 Å². The van der Waals surface area contributed by atoms with Crippen LogP contribution in [0.5, 0.6) is 0 Å². The molecule has 0 saturated heterocycles. The number of aryl methyl sites for hydroxylation is 1. The van der Waals surface area contributed by atoms with Crippen LogP contribution in [0.2, 0.25) is 0 Å². The first-order chi connectivity index (χ1) is 8.60. The van der Waals surface area contributed by atoms with Gasteiger partial charge in [0, 0.05) is 11.1 Å². The molecule has 0 saturated carbocycles. The van der Waals surface area contributed by atoms with Gasteiger partial charge in [-0.1, -0.05) is 39.0 Å². The van der Waals surface area contributed by atoms with Crippen LogP contribution in [0.4, 0.5) is 5.69 Å². The first kappa shape index (κ1) is 12.8. The lowest BCUT2D eigenvalue weighted by atomic mass is 9.96. The SMILES string of the molecule is CCc1c(C)nc2c(C(C)C)cccc2c1NN. The first-order valence-corrected chi connectivity index (χ1v) is 6.48. The largest absolute Gasteiger partial charge is 0.323 e. The number of nitrogens with one attached hydrogen (secondary N) is 1. The molecule has 0 spiro atoms. The summed E-state index contributed by atoms with van der Waals surface area (Å²) < 4.78 is 0. The Morgan fingerprint density at radius 2 is 2.06 bits per heavy atom. The van der Waals surface area contributed by atoms with Crippen LogP contribution in [0.25, 0.3) is 10.9 Å². The van der Waals surface area contributed by atoms with Gasteiger partial charge in [0.1, 0.15) is 0 Å². The molecule has 18 heavy (non-hydrogen) atoms. The average Bonchev–Trinajstić information content (AvgIpc) is 2.36. The number of aromatic nitrogens is 1. The summed E-state index contributed by atoms with van der Waals surface area (Å²) in [6, 6.07) is 6.31. The molecule has 2 rings (SSSR count). The third kappa shape index (κ3) is 1.95. The third-order valence-corrected chi connectivity index (χ3v) is 3.47. The van der Waals surface area contributed by atoms with Crippen LogP contribution in [-0.2, 0) is 6.42 Å². The molecular formula is C15H21N3. The Morgan fingerprint density at radius 1 is 1.33 bits per heavy atom. The van der Waals surface area contributed by atoms with Gasteiger partial charge in [0.25, 0.3) is 0 Å². The number of anilines is 1. The molecule has 3 nitrogen and oxygen atoms in total. The van der Waals surface area contributed by atoms with E-state index < -0.39 is 0 Å². The Labute approximate surface area is 108 Å². The number of hydrogen-bond donors (Lipinski definition) is 2. The van der Waals surface area contributed by atoms with Crippen LogP contribution < -0.4 is 11.3 Å². The zero-order chi connectivity index (χ0) is 13.3. The predicted molar refractivity (Wildman–Crippen MR) is 77.8 cm³/mol. The van der Waals surface area contributed by atoms with Gasteiger partial charge >= 0.3 is 0 Å². The molecule has 0 amide bonds. The van der Waals surface area contributed by atoms with Crippen molar-refractivity contribution in [3.05, 3.63) is 35.0 Å². The van der Waals surface area contributed by atoms with E-state index in [1.807, 2.05) is 0 Å². The summed E-state index contributed by atoms with van der Waals surface area (Å²) in [5, 5.41) is 1.12. The van der Waals surface area contributed by atoms with E-state index in [2.05, 4.69) is 51.3 Å². The molecule has 96 valence electrons. The molecule has 0 aliphatic heterocycles. The van der Waals surface area contributed by atoms with Crippen molar-refractivity contribution in [1.82, 2.24) is 4.98 Å². The van der Waals surface area contributed by atoms with Crippen molar-refractivity contribution in [3.63, 3.8) is 0 Å². The summed E-state index contributed by atoms with van der Waals surface area (Å²) in [5.74, 6) is 6.17. The number of pyridine rings is 1. The van der Waals surface area contributed by atoms with Crippen molar-refractivity contribution in [2.24, 2.45) is 5.84 Å². The van der Waals surface area contributed by atoms with Crippen LogP contribution in [-0.4, -0.2) is 4.98 Å². The van der Waals surface area contributed by atoms with Gasteiger partial charge in [0.2, 0.25) is 0 Å². The smallest absolute Gasteiger partial charge is 0.0761 e. The predicted octanol–water partition coefficient (Wildman–Crippen LogP) is 3.51. The average molecular weight is 243 g/mol. The highest BCUT2D eigenvalue weighted by Gasteiger charge is 2.14. The summed E-state index contributed by atoms with van der Waals surface area (Å²) in [7, 11) is 0. The zero-order valence-electron chi connectivity index (χ0n) is 11.5. The van der Waals surface area contributed by atoms with Gasteiger partial charge < -0.3 is 5.43 Å². The molecule has 0 radical (unpaired) electrons. The van der Waals surface area contributed by atoms with Gasteiger partial charge in [-0.3, -0.25) is 10.8 Å². The molecule has 1 heterocycles. The molecule has 3 heteroatoms. The molecule has 0 unspecified atom stereocenters. The standard InChI is InChI=1S/C15H21N3/c1-5-11-10(4)17-14-12(9(2)3)7-6-8-13(14)15(11)18-16/h6-9H,5,16H2,1-4H3,(H,17,18). The van der Waals surface area contributed by atoms with Crippen LogP contribution in [0.3, 0.4) is 0 Å². The fourth-order valence-corrected chi connectivity index (χ4v) is 2.53. The second kappa shape index (κ2) is 4.94. The maximum Gasteiger partial charge on any atom is 0.0761 e. The Balaban J connectivity index is 2.87. The van der Waals surface area contributed by atoms with E-state index in [-0.39, 0.29) is 0 Å². The van der Waals surface area contributed by atoms with Gasteiger partial charge in [0.05, 0.1) is 11.2 Å². The van der Waals surface area contributed by atoms with Crippen molar-refractivity contribution in [2.45, 2.75) is 40.0 Å². The van der Waals surface area contributed by atoms with Gasteiger partial charge in [-0.05, 0) is 30.4 Å². The van der Waals surface area contributed by atoms with Crippen molar-refractivity contribution in [3.8, 4) is 0 Å². The van der Waals surface area contributed by atoms with E-state index in [1.165, 1.54) is 11.1 Å². The van der Waals surface area contributed by atoms with Crippen LogP contribution >= 0.6 is 0 Å². The quantitative estimate of drug-likeness (QED) is 0.640. The molecule has 0 fully saturated rings. The minimum Gasteiger partial charge on any atom is -0.323 e. The lowest BCUT2D eigenvalue weighted by Gasteiger charge is -2.16. The fraction of sp³-hybridized carbons (Fsp3) is 0.400. The second-order valence-corrected chi connectivity index (χ2v) is 4.95. The number of hydrazine groups is 1. The van der Waals surface area contributed by atoms with Crippen molar-refractivity contribution in [1.29, 1.82) is 0 Å². The Morgan fingerprint density at radius 3 is 2.61 bits per heavy atom. The summed E-state index contributed by atoms with van der Waals surface area (Å²) in [6.45, 7) is 8.56. The molecule has 3 N–H and O–H groups in total. The molecule has 2 aromatic rings. The molecular weight excluding hydrogens is 222 g/mol. The van der Waals surface area contributed by atoms with Gasteiger partial charge in [-0.15, -0.1) is 0 Å². The molecule has 1 aromatic carbocycles. The molecule has 0 bridgehead atoms. The number of hydrogen-bond acceptors (Lipinski definition) is 3. The number of benzene rings is 1. The maximum absolute atomic E-state index is 5.71. The monoisotopic (exact) mass is 243 g/mol. The number of para-hydroxylation sites is 1. The van der Waals surface area contributed by atoms with E-state index in [0.29, 0.717) is 5.92 Å². The Kier molecular flexibility index (Phi) is 3.53. The van der Waals surface area contributed by atoms with Crippen LogP contribution in [0.1, 0.15) is 43.5 Å². The van der Waals surface area contributed by atoms with Crippen molar-refractivity contribution < 1.29 is 0 Å².